The van der Waals surface area contributed by atoms with E-state index in [0.29, 0.717) is 42.8 Å². The number of imide groups is 1. The van der Waals surface area contributed by atoms with Gasteiger partial charge in [-0.1, -0.05) is 43.3 Å². The van der Waals surface area contributed by atoms with E-state index in [0.717, 1.165) is 6.42 Å². The van der Waals surface area contributed by atoms with Crippen molar-refractivity contribution in [2.24, 2.45) is 11.8 Å². The van der Waals surface area contributed by atoms with Crippen LogP contribution < -0.4 is 10.2 Å². The summed E-state index contributed by atoms with van der Waals surface area (Å²) in [6, 6.07) is 22.3. The summed E-state index contributed by atoms with van der Waals surface area (Å²) in [5.74, 6) is -2.81. The van der Waals surface area contributed by atoms with Crippen molar-refractivity contribution in [1.82, 2.24) is 0 Å². The van der Waals surface area contributed by atoms with E-state index in [-0.39, 0.29) is 29.2 Å². The highest BCUT2D eigenvalue weighted by atomic mass is 16.5. The first kappa shape index (κ1) is 28.7. The van der Waals surface area contributed by atoms with Gasteiger partial charge in [0.1, 0.15) is 0 Å². The molecule has 42 heavy (non-hydrogen) atoms. The minimum absolute atomic E-state index is 0.118. The van der Waals surface area contributed by atoms with Crippen LogP contribution in [0.3, 0.4) is 0 Å². The molecule has 0 spiro atoms. The number of rotatable bonds is 9. The SMILES string of the molecule is CCCOC(=O)c1ccc(NC(=O)COC(=O)c2cccc(N3C(=O)[C@H]4C[C@H](c5ccccc5)CC[C@H]4C3=O)c2)cc1. The molecule has 9 nitrogen and oxygen atoms in total. The highest BCUT2D eigenvalue weighted by Crippen LogP contribution is 2.45. The molecule has 9 heteroatoms. The summed E-state index contributed by atoms with van der Waals surface area (Å²) < 4.78 is 10.3. The molecule has 0 unspecified atom stereocenters. The van der Waals surface area contributed by atoms with Gasteiger partial charge in [-0.2, -0.15) is 0 Å². The van der Waals surface area contributed by atoms with E-state index in [1.807, 2.05) is 25.1 Å². The Bertz CT molecular complexity index is 1490. The Morgan fingerprint density at radius 3 is 2.26 bits per heavy atom. The zero-order chi connectivity index (χ0) is 29.6. The number of esters is 2. The third kappa shape index (κ3) is 6.25. The van der Waals surface area contributed by atoms with Gasteiger partial charge in [-0.15, -0.1) is 0 Å². The fraction of sp³-hybridized carbons (Fsp3) is 0.303. The molecular weight excluding hydrogens is 536 g/mol. The quantitative estimate of drug-likeness (QED) is 0.281. The van der Waals surface area contributed by atoms with Crippen LogP contribution in [0, 0.1) is 11.8 Å². The number of nitrogens with zero attached hydrogens (tertiary/aromatic N) is 1. The summed E-state index contributed by atoms with van der Waals surface area (Å²) in [6.45, 7) is 1.68. The maximum atomic E-state index is 13.4. The second-order valence-corrected chi connectivity index (χ2v) is 10.5. The number of carbonyl (C=O) groups is 5. The van der Waals surface area contributed by atoms with Gasteiger partial charge in [0.2, 0.25) is 11.8 Å². The Morgan fingerprint density at radius 1 is 0.810 bits per heavy atom. The highest BCUT2D eigenvalue weighted by Gasteiger charge is 2.50. The van der Waals surface area contributed by atoms with Crippen molar-refractivity contribution in [3.05, 3.63) is 95.6 Å². The lowest BCUT2D eigenvalue weighted by molar-refractivity contribution is -0.122. The van der Waals surface area contributed by atoms with E-state index in [1.54, 1.807) is 24.3 Å². The molecule has 3 atom stereocenters. The van der Waals surface area contributed by atoms with Gasteiger partial charge in [0.05, 0.1) is 35.3 Å². The van der Waals surface area contributed by atoms with Gasteiger partial charge in [0, 0.05) is 5.69 Å². The van der Waals surface area contributed by atoms with Crippen LogP contribution in [0.25, 0.3) is 0 Å². The van der Waals surface area contributed by atoms with Crippen LogP contribution in [0.4, 0.5) is 11.4 Å². The molecule has 2 fully saturated rings. The molecule has 3 amide bonds. The summed E-state index contributed by atoms with van der Waals surface area (Å²) in [7, 11) is 0. The van der Waals surface area contributed by atoms with Crippen LogP contribution in [-0.4, -0.2) is 42.9 Å². The Kier molecular flexibility index (Phi) is 8.76. The van der Waals surface area contributed by atoms with Gasteiger partial charge >= 0.3 is 11.9 Å². The lowest BCUT2D eigenvalue weighted by Crippen LogP contribution is -2.31. The molecule has 0 radical (unpaired) electrons. The third-order valence-electron chi connectivity index (χ3n) is 7.71. The Labute approximate surface area is 243 Å². The first-order valence-corrected chi connectivity index (χ1v) is 14.1. The number of ether oxygens (including phenoxy) is 2. The van der Waals surface area contributed by atoms with Crippen LogP contribution in [0.2, 0.25) is 0 Å². The Hall–Kier alpha value is -4.79. The molecule has 0 aromatic heterocycles. The molecular formula is C33H32N2O7. The van der Waals surface area contributed by atoms with E-state index in [9.17, 15) is 24.0 Å². The molecule has 5 rings (SSSR count). The van der Waals surface area contributed by atoms with Crippen molar-refractivity contribution >= 4 is 41.0 Å². The maximum Gasteiger partial charge on any atom is 0.338 e. The highest BCUT2D eigenvalue weighted by molar-refractivity contribution is 6.22. The first-order valence-electron chi connectivity index (χ1n) is 14.1. The van der Waals surface area contributed by atoms with E-state index < -0.39 is 30.4 Å². The molecule has 1 aliphatic carbocycles. The molecule has 216 valence electrons. The normalized spacial score (nSPS) is 19.6. The number of amides is 3. The van der Waals surface area contributed by atoms with E-state index in [2.05, 4.69) is 17.4 Å². The van der Waals surface area contributed by atoms with Crippen LogP contribution in [0.15, 0.2) is 78.9 Å². The molecule has 1 saturated carbocycles. The van der Waals surface area contributed by atoms with Gasteiger partial charge in [0.25, 0.3) is 5.91 Å². The summed E-state index contributed by atoms with van der Waals surface area (Å²) in [6.07, 6.45) is 2.79. The van der Waals surface area contributed by atoms with Crippen molar-refractivity contribution in [2.75, 3.05) is 23.4 Å². The molecule has 2 aliphatic rings. The number of hydrogen-bond acceptors (Lipinski definition) is 7. The first-order chi connectivity index (χ1) is 20.4. The smallest absolute Gasteiger partial charge is 0.338 e. The fourth-order valence-corrected chi connectivity index (χ4v) is 5.61. The summed E-state index contributed by atoms with van der Waals surface area (Å²) in [4.78, 5) is 64.9. The van der Waals surface area contributed by atoms with E-state index >= 15 is 0 Å². The molecule has 3 aromatic rings. The summed E-state index contributed by atoms with van der Waals surface area (Å²) >= 11 is 0. The fourth-order valence-electron chi connectivity index (χ4n) is 5.61. The van der Waals surface area contributed by atoms with Gasteiger partial charge < -0.3 is 14.8 Å². The van der Waals surface area contributed by atoms with Gasteiger partial charge in [-0.3, -0.25) is 19.3 Å². The number of benzene rings is 3. The molecule has 1 N–H and O–H groups in total. The Morgan fingerprint density at radius 2 is 1.52 bits per heavy atom. The molecule has 0 bridgehead atoms. The molecule has 1 heterocycles. The zero-order valence-corrected chi connectivity index (χ0v) is 23.3. The number of carbonyl (C=O) groups excluding carboxylic acids is 5. The average Bonchev–Trinajstić information content (AvgIpc) is 3.28. The van der Waals surface area contributed by atoms with Crippen molar-refractivity contribution in [1.29, 1.82) is 0 Å². The van der Waals surface area contributed by atoms with E-state index in [4.69, 9.17) is 9.47 Å². The zero-order valence-electron chi connectivity index (χ0n) is 23.3. The van der Waals surface area contributed by atoms with Gasteiger partial charge in [-0.25, -0.2) is 9.59 Å². The third-order valence-corrected chi connectivity index (χ3v) is 7.71. The number of hydrogen-bond donors (Lipinski definition) is 1. The second-order valence-electron chi connectivity index (χ2n) is 10.5. The van der Waals surface area contributed by atoms with Crippen LogP contribution in [-0.2, 0) is 23.9 Å². The number of nitrogens with one attached hydrogen (secondary N) is 1. The van der Waals surface area contributed by atoms with Crippen molar-refractivity contribution in [3.63, 3.8) is 0 Å². The molecule has 1 aliphatic heterocycles. The predicted molar refractivity (Wildman–Crippen MR) is 155 cm³/mol. The molecule has 3 aromatic carbocycles. The average molecular weight is 569 g/mol. The number of fused-ring (bicyclic) bond motifs is 1. The molecule has 1 saturated heterocycles. The van der Waals surface area contributed by atoms with Gasteiger partial charge in [0.15, 0.2) is 6.61 Å². The minimum Gasteiger partial charge on any atom is -0.462 e. The maximum absolute atomic E-state index is 13.4. The lowest BCUT2D eigenvalue weighted by atomic mass is 9.73. The lowest BCUT2D eigenvalue weighted by Gasteiger charge is -2.28. The monoisotopic (exact) mass is 568 g/mol. The summed E-state index contributed by atoms with van der Waals surface area (Å²) in [5, 5.41) is 2.60. The van der Waals surface area contributed by atoms with Crippen molar-refractivity contribution < 1.29 is 33.4 Å². The second kappa shape index (κ2) is 12.8. The summed E-state index contributed by atoms with van der Waals surface area (Å²) in [5.41, 5.74) is 2.39. The standard InChI is InChI=1S/C33H32N2O7/c1-2-17-41-32(39)22-11-14-25(15-12-22)34-29(36)20-42-33(40)24-9-6-10-26(18-24)35-30(37)27-16-13-23(19-28(27)31(35)38)21-7-4-3-5-8-21/h3-12,14-15,18,23,27-28H,2,13,16-17,19-20H2,1H3,(H,34,36)/t23-,27-,28+/m1/s1. The van der Waals surface area contributed by atoms with Crippen molar-refractivity contribution in [2.45, 2.75) is 38.5 Å². The van der Waals surface area contributed by atoms with E-state index in [1.165, 1.54) is 34.7 Å². The van der Waals surface area contributed by atoms with Crippen LogP contribution in [0.1, 0.15) is 64.8 Å². The van der Waals surface area contributed by atoms with Crippen LogP contribution in [0.5, 0.6) is 0 Å². The van der Waals surface area contributed by atoms with Crippen LogP contribution >= 0.6 is 0 Å². The predicted octanol–water partition coefficient (Wildman–Crippen LogP) is 5.12. The largest absolute Gasteiger partial charge is 0.462 e. The minimum atomic E-state index is -0.762. The van der Waals surface area contributed by atoms with Gasteiger partial charge in [-0.05, 0) is 79.6 Å². The Balaban J connectivity index is 1.18. The topological polar surface area (TPSA) is 119 Å². The van der Waals surface area contributed by atoms with Crippen molar-refractivity contribution in [3.8, 4) is 0 Å². The number of anilines is 2.